The van der Waals surface area contributed by atoms with Gasteiger partial charge in [0.05, 0.1) is 7.11 Å². The van der Waals surface area contributed by atoms with Gasteiger partial charge in [-0.3, -0.25) is 0 Å². The number of nitrogens with zero attached hydrogens (tertiary/aromatic N) is 4. The van der Waals surface area contributed by atoms with E-state index in [0.717, 1.165) is 43.4 Å². The number of ether oxygens (including phenoxy) is 1. The fourth-order valence-corrected chi connectivity index (χ4v) is 3.26. The molecule has 0 amide bonds. The molecular weight excluding hydrogens is 357 g/mol. The van der Waals surface area contributed by atoms with Crippen molar-refractivity contribution in [1.82, 2.24) is 9.97 Å². The van der Waals surface area contributed by atoms with Crippen LogP contribution in [0.1, 0.15) is 0 Å². The van der Waals surface area contributed by atoms with E-state index >= 15 is 0 Å². The Balaban J connectivity index is 1.39. The predicted octanol–water partition coefficient (Wildman–Crippen LogP) is 3.69. The molecule has 0 saturated carbocycles. The third-order valence-corrected chi connectivity index (χ3v) is 4.81. The van der Waals surface area contributed by atoms with Gasteiger partial charge in [0.25, 0.3) is 0 Å². The van der Waals surface area contributed by atoms with Gasteiger partial charge in [-0.15, -0.1) is 0 Å². The fraction of sp³-hybridized carbons (Fsp3) is 0.238. The lowest BCUT2D eigenvalue weighted by Crippen LogP contribution is -2.46. The Hall–Kier alpha value is -3.35. The van der Waals surface area contributed by atoms with Crippen LogP contribution in [-0.4, -0.2) is 43.3 Å². The molecule has 3 aromatic rings. The third kappa shape index (κ3) is 4.14. The van der Waals surface area contributed by atoms with Crippen LogP contribution in [0.3, 0.4) is 0 Å². The van der Waals surface area contributed by atoms with Crippen LogP contribution >= 0.6 is 0 Å². The predicted molar refractivity (Wildman–Crippen MR) is 109 cm³/mol. The lowest BCUT2D eigenvalue weighted by Gasteiger charge is -2.36. The number of methoxy groups -OCH3 is 1. The molecule has 0 bridgehead atoms. The minimum Gasteiger partial charge on any atom is -0.497 e. The average molecular weight is 379 g/mol. The molecule has 28 heavy (non-hydrogen) atoms. The molecule has 4 rings (SSSR count). The SMILES string of the molecule is COc1ccc(N2CCN(c3cc(Nc4ccc(F)cc4)ncn3)CC2)cc1. The first-order valence-electron chi connectivity index (χ1n) is 9.20. The average Bonchev–Trinajstić information content (AvgIpc) is 2.76. The van der Waals surface area contributed by atoms with Crippen LogP contribution in [-0.2, 0) is 0 Å². The standard InChI is InChI=1S/C21H22FN5O/c1-28-19-8-6-18(7-9-19)26-10-12-27(13-11-26)21-14-20(23-15-24-21)25-17-4-2-16(22)3-5-17/h2-9,14-15H,10-13H2,1H3,(H,23,24,25). The molecule has 2 aromatic carbocycles. The van der Waals surface area contributed by atoms with E-state index in [4.69, 9.17) is 4.74 Å². The zero-order chi connectivity index (χ0) is 19.3. The van der Waals surface area contributed by atoms with Crippen LogP contribution in [0.4, 0.5) is 27.4 Å². The first-order valence-corrected chi connectivity index (χ1v) is 9.20. The first-order chi connectivity index (χ1) is 13.7. The van der Waals surface area contributed by atoms with Crippen LogP contribution in [0.25, 0.3) is 0 Å². The molecule has 0 radical (unpaired) electrons. The van der Waals surface area contributed by atoms with Gasteiger partial charge in [-0.05, 0) is 48.5 Å². The molecule has 1 saturated heterocycles. The van der Waals surface area contributed by atoms with Crippen LogP contribution < -0.4 is 19.9 Å². The van der Waals surface area contributed by atoms with Gasteiger partial charge in [0.2, 0.25) is 0 Å². The van der Waals surface area contributed by atoms with E-state index in [-0.39, 0.29) is 5.82 Å². The Morgan fingerprint density at radius 3 is 2.25 bits per heavy atom. The van der Waals surface area contributed by atoms with Crippen LogP contribution in [0, 0.1) is 5.82 Å². The maximum absolute atomic E-state index is 13.1. The van der Waals surface area contributed by atoms with Gasteiger partial charge in [0.15, 0.2) is 0 Å². The van der Waals surface area contributed by atoms with E-state index in [9.17, 15) is 4.39 Å². The number of hydrogen-bond acceptors (Lipinski definition) is 6. The van der Waals surface area contributed by atoms with Gasteiger partial charge in [0, 0.05) is 43.6 Å². The third-order valence-electron chi connectivity index (χ3n) is 4.81. The van der Waals surface area contributed by atoms with E-state index < -0.39 is 0 Å². The minimum absolute atomic E-state index is 0.261. The summed E-state index contributed by atoms with van der Waals surface area (Å²) in [7, 11) is 1.68. The summed E-state index contributed by atoms with van der Waals surface area (Å²) in [6.45, 7) is 3.58. The van der Waals surface area contributed by atoms with Crippen LogP contribution in [0.2, 0.25) is 0 Å². The second kappa shape index (κ2) is 8.12. The maximum atomic E-state index is 13.1. The second-order valence-electron chi connectivity index (χ2n) is 6.57. The van der Waals surface area contributed by atoms with Gasteiger partial charge in [-0.25, -0.2) is 14.4 Å². The van der Waals surface area contributed by atoms with E-state index in [1.165, 1.54) is 17.8 Å². The number of anilines is 4. The van der Waals surface area contributed by atoms with Crippen molar-refractivity contribution < 1.29 is 9.13 Å². The highest BCUT2D eigenvalue weighted by molar-refractivity contribution is 5.59. The topological polar surface area (TPSA) is 53.5 Å². The molecule has 0 atom stereocenters. The Bertz CT molecular complexity index is 909. The number of rotatable bonds is 5. The summed E-state index contributed by atoms with van der Waals surface area (Å²) in [5, 5.41) is 3.19. The van der Waals surface area contributed by atoms with Gasteiger partial charge < -0.3 is 19.9 Å². The number of hydrogen-bond donors (Lipinski definition) is 1. The molecule has 1 fully saturated rings. The normalized spacial score (nSPS) is 14.1. The molecular formula is C21H22FN5O. The van der Waals surface area contributed by atoms with Crippen molar-refractivity contribution in [3.05, 3.63) is 66.7 Å². The lowest BCUT2D eigenvalue weighted by molar-refractivity contribution is 0.415. The zero-order valence-electron chi connectivity index (χ0n) is 15.7. The van der Waals surface area contributed by atoms with E-state index in [2.05, 4.69) is 37.2 Å². The Morgan fingerprint density at radius 2 is 1.57 bits per heavy atom. The zero-order valence-corrected chi connectivity index (χ0v) is 15.7. The second-order valence-corrected chi connectivity index (χ2v) is 6.57. The van der Waals surface area contributed by atoms with E-state index in [1.54, 1.807) is 25.6 Å². The van der Waals surface area contributed by atoms with Gasteiger partial charge in [-0.1, -0.05) is 0 Å². The van der Waals surface area contributed by atoms with Gasteiger partial charge in [0.1, 0.15) is 29.5 Å². The van der Waals surface area contributed by atoms with Crippen molar-refractivity contribution in [3.63, 3.8) is 0 Å². The molecule has 1 aromatic heterocycles. The highest BCUT2D eigenvalue weighted by Gasteiger charge is 2.19. The Labute approximate surface area is 163 Å². The van der Waals surface area contributed by atoms with Crippen molar-refractivity contribution in [2.45, 2.75) is 0 Å². The molecule has 0 unspecified atom stereocenters. The van der Waals surface area contributed by atoms with Gasteiger partial charge >= 0.3 is 0 Å². The smallest absolute Gasteiger partial charge is 0.135 e. The van der Waals surface area contributed by atoms with Crippen LogP contribution in [0.5, 0.6) is 5.75 Å². The van der Waals surface area contributed by atoms with Crippen molar-refractivity contribution in [2.24, 2.45) is 0 Å². The summed E-state index contributed by atoms with van der Waals surface area (Å²) in [5.74, 6) is 2.18. The summed E-state index contributed by atoms with van der Waals surface area (Å²) in [6, 6.07) is 16.3. The minimum atomic E-state index is -0.261. The van der Waals surface area contributed by atoms with Gasteiger partial charge in [-0.2, -0.15) is 0 Å². The van der Waals surface area contributed by atoms with Crippen molar-refractivity contribution in [3.8, 4) is 5.75 Å². The molecule has 0 spiro atoms. The lowest BCUT2D eigenvalue weighted by atomic mass is 10.2. The summed E-state index contributed by atoms with van der Waals surface area (Å²) >= 11 is 0. The maximum Gasteiger partial charge on any atom is 0.135 e. The molecule has 0 aliphatic carbocycles. The van der Waals surface area contributed by atoms with E-state index in [1.807, 2.05) is 18.2 Å². The highest BCUT2D eigenvalue weighted by atomic mass is 19.1. The number of benzene rings is 2. The molecule has 1 aliphatic rings. The fourth-order valence-electron chi connectivity index (χ4n) is 3.26. The number of halogens is 1. The molecule has 7 heteroatoms. The Kier molecular flexibility index (Phi) is 5.23. The summed E-state index contributed by atoms with van der Waals surface area (Å²) in [5.41, 5.74) is 1.98. The summed E-state index contributed by atoms with van der Waals surface area (Å²) in [4.78, 5) is 13.3. The first kappa shape index (κ1) is 18.0. The largest absolute Gasteiger partial charge is 0.497 e. The number of piperazine rings is 1. The van der Waals surface area contributed by atoms with Crippen molar-refractivity contribution in [2.75, 3.05) is 48.4 Å². The molecule has 1 aliphatic heterocycles. The molecule has 144 valence electrons. The quantitative estimate of drug-likeness (QED) is 0.730. The molecule has 1 N–H and O–H groups in total. The molecule has 2 heterocycles. The van der Waals surface area contributed by atoms with E-state index in [0.29, 0.717) is 5.82 Å². The number of aromatic nitrogens is 2. The van der Waals surface area contributed by atoms with Crippen molar-refractivity contribution in [1.29, 1.82) is 0 Å². The number of nitrogens with one attached hydrogen (secondary N) is 1. The summed E-state index contributed by atoms with van der Waals surface area (Å²) < 4.78 is 18.3. The summed E-state index contributed by atoms with van der Waals surface area (Å²) in [6.07, 6.45) is 1.55. The molecule has 6 nitrogen and oxygen atoms in total. The van der Waals surface area contributed by atoms with Crippen molar-refractivity contribution >= 4 is 23.0 Å². The van der Waals surface area contributed by atoms with Crippen LogP contribution in [0.15, 0.2) is 60.9 Å². The highest BCUT2D eigenvalue weighted by Crippen LogP contribution is 2.23. The monoisotopic (exact) mass is 379 g/mol. The Morgan fingerprint density at radius 1 is 0.893 bits per heavy atom.